The summed E-state index contributed by atoms with van der Waals surface area (Å²) in [5.74, 6) is -0.705. The predicted molar refractivity (Wildman–Crippen MR) is 53.4 cm³/mol. The molecule has 2 aromatic rings. The fourth-order valence-corrected chi connectivity index (χ4v) is 1.51. The molecule has 15 heavy (non-hydrogen) atoms. The molecule has 6 heteroatoms. The summed E-state index contributed by atoms with van der Waals surface area (Å²) in [4.78, 5) is 13.8. The Morgan fingerprint density at radius 1 is 1.47 bits per heavy atom. The van der Waals surface area contributed by atoms with Gasteiger partial charge >= 0.3 is 0 Å². The lowest BCUT2D eigenvalue weighted by Crippen LogP contribution is -1.93. The molecule has 0 fully saturated rings. The summed E-state index contributed by atoms with van der Waals surface area (Å²) >= 11 is 5.78. The first-order valence-corrected chi connectivity index (χ1v) is 4.35. The number of fused-ring (bicyclic) bond motifs is 1. The van der Waals surface area contributed by atoms with Gasteiger partial charge in [0.05, 0.1) is 16.0 Å². The van der Waals surface area contributed by atoms with Crippen molar-refractivity contribution >= 4 is 28.2 Å². The Balaban J connectivity index is 2.92. The first-order chi connectivity index (χ1) is 7.09. The maximum absolute atomic E-state index is 13.0. The monoisotopic (exact) mass is 226 g/mol. The number of nitrogens with zero attached hydrogens (tertiary/aromatic N) is 2. The van der Waals surface area contributed by atoms with Gasteiger partial charge in [-0.3, -0.25) is 10.1 Å². The van der Waals surface area contributed by atoms with E-state index in [1.54, 1.807) is 0 Å². The molecule has 0 spiro atoms. The molecule has 1 aromatic carbocycles. The Bertz CT molecular complexity index is 559. The molecule has 0 radical (unpaired) electrons. The third kappa shape index (κ3) is 1.61. The van der Waals surface area contributed by atoms with Crippen molar-refractivity contribution in [3.63, 3.8) is 0 Å². The molecule has 0 saturated carbocycles. The molecule has 0 unspecified atom stereocenters. The summed E-state index contributed by atoms with van der Waals surface area (Å²) in [6.07, 6.45) is 1.34. The Kier molecular flexibility index (Phi) is 2.24. The average Bonchev–Trinajstić information content (AvgIpc) is 2.18. The minimum atomic E-state index is -0.705. The number of benzene rings is 1. The minimum Gasteiger partial charge on any atom is -0.258 e. The number of rotatable bonds is 1. The number of hydrogen-bond donors (Lipinski definition) is 0. The lowest BCUT2D eigenvalue weighted by molar-refractivity contribution is -0.383. The van der Waals surface area contributed by atoms with Crippen molar-refractivity contribution in [2.24, 2.45) is 0 Å². The largest absolute Gasteiger partial charge is 0.298 e. The number of nitro benzene ring substituents is 1. The van der Waals surface area contributed by atoms with Gasteiger partial charge in [0.25, 0.3) is 5.69 Å². The van der Waals surface area contributed by atoms with Crippen LogP contribution in [0.5, 0.6) is 0 Å². The van der Waals surface area contributed by atoms with Crippen LogP contribution in [-0.4, -0.2) is 9.91 Å². The lowest BCUT2D eigenvalue weighted by atomic mass is 10.2. The van der Waals surface area contributed by atoms with Crippen LogP contribution in [-0.2, 0) is 0 Å². The van der Waals surface area contributed by atoms with Crippen LogP contribution in [0.3, 0.4) is 0 Å². The first kappa shape index (κ1) is 9.79. The van der Waals surface area contributed by atoms with Crippen LogP contribution in [0.4, 0.5) is 10.1 Å². The second-order valence-electron chi connectivity index (χ2n) is 2.87. The quantitative estimate of drug-likeness (QED) is 0.555. The van der Waals surface area contributed by atoms with Gasteiger partial charge in [0.15, 0.2) is 0 Å². The number of hydrogen-bond acceptors (Lipinski definition) is 3. The van der Waals surface area contributed by atoms with E-state index in [0.29, 0.717) is 0 Å². The van der Waals surface area contributed by atoms with E-state index in [9.17, 15) is 14.5 Å². The third-order valence-corrected chi connectivity index (χ3v) is 2.26. The molecular weight excluding hydrogens is 223 g/mol. The van der Waals surface area contributed by atoms with Crippen LogP contribution in [0.25, 0.3) is 10.9 Å². The van der Waals surface area contributed by atoms with Gasteiger partial charge in [0.1, 0.15) is 11.3 Å². The summed E-state index contributed by atoms with van der Waals surface area (Å²) in [6, 6.07) is 3.40. The van der Waals surface area contributed by atoms with Crippen molar-refractivity contribution in [3.8, 4) is 0 Å². The SMILES string of the molecule is O=[N+]([O-])c1cc(F)cc2c(Cl)ccnc12. The number of non-ortho nitro benzene ring substituents is 1. The molecule has 0 aliphatic carbocycles. The summed E-state index contributed by atoms with van der Waals surface area (Å²) in [5.41, 5.74) is -0.290. The number of halogens is 2. The fourth-order valence-electron chi connectivity index (χ4n) is 1.31. The van der Waals surface area contributed by atoms with Gasteiger partial charge in [-0.25, -0.2) is 9.37 Å². The zero-order valence-electron chi connectivity index (χ0n) is 7.28. The van der Waals surface area contributed by atoms with Gasteiger partial charge in [0, 0.05) is 11.6 Å². The molecule has 0 atom stereocenters. The number of nitro groups is 1. The van der Waals surface area contributed by atoms with E-state index in [4.69, 9.17) is 11.6 Å². The van der Waals surface area contributed by atoms with Gasteiger partial charge in [-0.05, 0) is 12.1 Å². The van der Waals surface area contributed by atoms with Crippen molar-refractivity contribution in [2.75, 3.05) is 0 Å². The second-order valence-corrected chi connectivity index (χ2v) is 3.28. The average molecular weight is 227 g/mol. The molecule has 1 aromatic heterocycles. The molecule has 0 N–H and O–H groups in total. The van der Waals surface area contributed by atoms with Crippen molar-refractivity contribution in [1.29, 1.82) is 0 Å². The summed E-state index contributed by atoms with van der Waals surface area (Å²) in [7, 11) is 0. The summed E-state index contributed by atoms with van der Waals surface area (Å²) < 4.78 is 13.0. The second kappa shape index (κ2) is 3.43. The standard InChI is InChI=1S/C9H4ClFN2O2/c10-7-1-2-12-9-6(7)3-5(11)4-8(9)13(14)15/h1-4H. The molecule has 0 saturated heterocycles. The van der Waals surface area contributed by atoms with Crippen molar-refractivity contribution in [3.05, 3.63) is 45.4 Å². The Morgan fingerprint density at radius 2 is 2.20 bits per heavy atom. The van der Waals surface area contributed by atoms with E-state index in [1.165, 1.54) is 12.3 Å². The summed E-state index contributed by atoms with van der Waals surface area (Å²) in [6.45, 7) is 0. The van der Waals surface area contributed by atoms with Gasteiger partial charge in [-0.2, -0.15) is 0 Å². The minimum absolute atomic E-state index is 0.0916. The van der Waals surface area contributed by atoms with Gasteiger partial charge in [-0.1, -0.05) is 11.6 Å². The van der Waals surface area contributed by atoms with Crippen LogP contribution < -0.4 is 0 Å². The Hall–Kier alpha value is -1.75. The molecule has 0 aliphatic heterocycles. The van der Waals surface area contributed by atoms with Gasteiger partial charge in [0.2, 0.25) is 0 Å². The van der Waals surface area contributed by atoms with Crippen LogP contribution in [0.2, 0.25) is 5.02 Å². The van der Waals surface area contributed by atoms with E-state index in [1.807, 2.05) is 0 Å². The van der Waals surface area contributed by atoms with E-state index in [2.05, 4.69) is 4.98 Å². The number of aromatic nitrogens is 1. The van der Waals surface area contributed by atoms with Crippen LogP contribution >= 0.6 is 11.6 Å². The van der Waals surface area contributed by atoms with Crippen LogP contribution in [0.1, 0.15) is 0 Å². The highest BCUT2D eigenvalue weighted by molar-refractivity contribution is 6.35. The molecule has 0 aliphatic rings. The molecule has 1 heterocycles. The Morgan fingerprint density at radius 3 is 2.87 bits per heavy atom. The highest BCUT2D eigenvalue weighted by Gasteiger charge is 2.16. The normalized spacial score (nSPS) is 10.5. The van der Waals surface area contributed by atoms with Crippen LogP contribution in [0, 0.1) is 15.9 Å². The third-order valence-electron chi connectivity index (χ3n) is 1.93. The zero-order valence-corrected chi connectivity index (χ0v) is 8.03. The smallest absolute Gasteiger partial charge is 0.258 e. The maximum Gasteiger partial charge on any atom is 0.298 e. The predicted octanol–water partition coefficient (Wildman–Crippen LogP) is 2.94. The molecule has 0 amide bonds. The highest BCUT2D eigenvalue weighted by atomic mass is 35.5. The first-order valence-electron chi connectivity index (χ1n) is 3.98. The number of pyridine rings is 1. The van der Waals surface area contributed by atoms with E-state index < -0.39 is 10.7 Å². The van der Waals surface area contributed by atoms with Crippen molar-refractivity contribution < 1.29 is 9.31 Å². The maximum atomic E-state index is 13.0. The van der Waals surface area contributed by atoms with Gasteiger partial charge < -0.3 is 0 Å². The molecule has 76 valence electrons. The highest BCUT2D eigenvalue weighted by Crippen LogP contribution is 2.29. The van der Waals surface area contributed by atoms with Crippen molar-refractivity contribution in [1.82, 2.24) is 4.98 Å². The Labute approximate surface area is 88.5 Å². The van der Waals surface area contributed by atoms with Crippen molar-refractivity contribution in [2.45, 2.75) is 0 Å². The molecule has 2 rings (SSSR count). The van der Waals surface area contributed by atoms with E-state index >= 15 is 0 Å². The molecule has 4 nitrogen and oxygen atoms in total. The zero-order chi connectivity index (χ0) is 11.0. The van der Waals surface area contributed by atoms with E-state index in [-0.39, 0.29) is 21.6 Å². The topological polar surface area (TPSA) is 56.0 Å². The lowest BCUT2D eigenvalue weighted by Gasteiger charge is -2.00. The molecular formula is C9H4ClFN2O2. The molecule has 0 bridgehead atoms. The van der Waals surface area contributed by atoms with E-state index in [0.717, 1.165) is 12.1 Å². The fraction of sp³-hybridized carbons (Fsp3) is 0. The van der Waals surface area contributed by atoms with Gasteiger partial charge in [-0.15, -0.1) is 0 Å². The van der Waals surface area contributed by atoms with Crippen LogP contribution in [0.15, 0.2) is 24.4 Å². The summed E-state index contributed by atoms with van der Waals surface area (Å²) in [5, 5.41) is 11.1.